The first-order valence-corrected chi connectivity index (χ1v) is 5.33. The number of benzene rings is 1. The highest BCUT2D eigenvalue weighted by Crippen LogP contribution is 2.10. The van der Waals surface area contributed by atoms with Gasteiger partial charge in [0.25, 0.3) is 5.91 Å². The first-order chi connectivity index (χ1) is 8.65. The average Bonchev–Trinajstić information content (AvgIpc) is 2.80. The molecular formula is C11H12FN5O. The van der Waals surface area contributed by atoms with Crippen LogP contribution in [0.4, 0.5) is 10.1 Å². The number of anilines is 1. The van der Waals surface area contributed by atoms with E-state index in [0.717, 1.165) is 12.1 Å². The topological polar surface area (TPSA) is 85.8 Å². The fourth-order valence-electron chi connectivity index (χ4n) is 1.48. The van der Waals surface area contributed by atoms with Gasteiger partial charge in [-0.2, -0.15) is 0 Å². The molecule has 18 heavy (non-hydrogen) atoms. The molecule has 1 heterocycles. The Morgan fingerprint density at radius 3 is 2.94 bits per heavy atom. The largest absolute Gasteiger partial charge is 0.399 e. The number of rotatable bonds is 4. The van der Waals surface area contributed by atoms with Crippen molar-refractivity contribution < 1.29 is 9.18 Å². The monoisotopic (exact) mass is 249 g/mol. The van der Waals surface area contributed by atoms with E-state index in [0.29, 0.717) is 13.1 Å². The number of nitrogens with zero attached hydrogens (tertiary/aromatic N) is 3. The van der Waals surface area contributed by atoms with Crippen molar-refractivity contribution in [3.8, 4) is 0 Å². The molecule has 1 aromatic heterocycles. The third kappa shape index (κ3) is 3.03. The van der Waals surface area contributed by atoms with Gasteiger partial charge in [-0.25, -0.2) is 4.39 Å². The van der Waals surface area contributed by atoms with Crippen LogP contribution in [0.5, 0.6) is 0 Å². The Morgan fingerprint density at radius 2 is 2.28 bits per heavy atom. The third-order valence-electron chi connectivity index (χ3n) is 2.28. The highest BCUT2D eigenvalue weighted by Gasteiger charge is 2.07. The van der Waals surface area contributed by atoms with Gasteiger partial charge in [0.15, 0.2) is 0 Å². The van der Waals surface area contributed by atoms with Crippen molar-refractivity contribution in [3.63, 3.8) is 0 Å². The summed E-state index contributed by atoms with van der Waals surface area (Å²) in [5.41, 5.74) is 5.88. The Bertz CT molecular complexity index is 520. The summed E-state index contributed by atoms with van der Waals surface area (Å²) in [5.74, 6) is -0.905. The summed E-state index contributed by atoms with van der Waals surface area (Å²) >= 11 is 0. The first kappa shape index (κ1) is 12.0. The molecule has 2 rings (SSSR count). The zero-order valence-electron chi connectivity index (χ0n) is 9.51. The van der Waals surface area contributed by atoms with E-state index in [4.69, 9.17) is 5.73 Å². The zero-order chi connectivity index (χ0) is 13.0. The highest BCUT2D eigenvalue weighted by molar-refractivity contribution is 5.95. The third-order valence-corrected chi connectivity index (χ3v) is 2.28. The van der Waals surface area contributed by atoms with Gasteiger partial charge in [-0.15, -0.1) is 5.10 Å². The van der Waals surface area contributed by atoms with Crippen molar-refractivity contribution in [2.75, 3.05) is 12.3 Å². The molecule has 6 nitrogen and oxygen atoms in total. The maximum atomic E-state index is 13.1. The molecule has 0 saturated carbocycles. The van der Waals surface area contributed by atoms with Crippen LogP contribution < -0.4 is 11.1 Å². The fraction of sp³-hybridized carbons (Fsp3) is 0.182. The van der Waals surface area contributed by atoms with Crippen molar-refractivity contribution in [1.29, 1.82) is 0 Å². The second-order valence-corrected chi connectivity index (χ2v) is 3.70. The lowest BCUT2D eigenvalue weighted by atomic mass is 10.2. The van der Waals surface area contributed by atoms with Crippen LogP contribution in [-0.4, -0.2) is 27.4 Å². The predicted molar refractivity (Wildman–Crippen MR) is 63.2 cm³/mol. The molecule has 94 valence electrons. The lowest BCUT2D eigenvalue weighted by Gasteiger charge is -2.06. The summed E-state index contributed by atoms with van der Waals surface area (Å²) in [4.78, 5) is 11.7. The van der Waals surface area contributed by atoms with E-state index in [1.807, 2.05) is 0 Å². The van der Waals surface area contributed by atoms with Gasteiger partial charge in [0, 0.05) is 24.0 Å². The fourth-order valence-corrected chi connectivity index (χ4v) is 1.48. The number of nitrogens with one attached hydrogen (secondary N) is 1. The van der Waals surface area contributed by atoms with Gasteiger partial charge in [-0.05, 0) is 18.2 Å². The number of nitrogens with two attached hydrogens (primary N) is 1. The van der Waals surface area contributed by atoms with Gasteiger partial charge in [0.05, 0.1) is 12.7 Å². The number of halogens is 1. The number of hydrogen-bond acceptors (Lipinski definition) is 4. The van der Waals surface area contributed by atoms with Crippen LogP contribution in [0.3, 0.4) is 0 Å². The number of amides is 1. The van der Waals surface area contributed by atoms with E-state index >= 15 is 0 Å². The zero-order valence-corrected chi connectivity index (χ0v) is 9.51. The van der Waals surface area contributed by atoms with Crippen LogP contribution in [0.25, 0.3) is 0 Å². The molecule has 2 aromatic rings. The quantitative estimate of drug-likeness (QED) is 0.769. The van der Waals surface area contributed by atoms with E-state index in [2.05, 4.69) is 15.6 Å². The second-order valence-electron chi connectivity index (χ2n) is 3.70. The van der Waals surface area contributed by atoms with Crippen LogP contribution in [0.15, 0.2) is 30.6 Å². The smallest absolute Gasteiger partial charge is 0.251 e. The Kier molecular flexibility index (Phi) is 3.52. The first-order valence-electron chi connectivity index (χ1n) is 5.33. The molecule has 0 unspecified atom stereocenters. The molecule has 0 radical (unpaired) electrons. The standard InChI is InChI=1S/C11H12FN5O/c12-9-5-8(6-10(13)7-9)11(18)14-1-3-17-4-2-15-16-17/h2,4-7H,1,3,13H2,(H,14,18). The molecule has 0 aliphatic heterocycles. The van der Waals surface area contributed by atoms with Crippen molar-refractivity contribution in [3.05, 3.63) is 42.0 Å². The van der Waals surface area contributed by atoms with E-state index in [1.54, 1.807) is 17.1 Å². The second kappa shape index (κ2) is 5.26. The molecule has 0 aliphatic carbocycles. The molecule has 0 bridgehead atoms. The molecule has 3 N–H and O–H groups in total. The predicted octanol–water partition coefficient (Wildman–Crippen LogP) is 0.429. The van der Waals surface area contributed by atoms with Crippen molar-refractivity contribution in [2.24, 2.45) is 0 Å². The summed E-state index contributed by atoms with van der Waals surface area (Å²) in [6.45, 7) is 0.870. The van der Waals surface area contributed by atoms with E-state index < -0.39 is 5.82 Å². The number of hydrogen-bond donors (Lipinski definition) is 2. The van der Waals surface area contributed by atoms with Gasteiger partial charge in [0.2, 0.25) is 0 Å². The van der Waals surface area contributed by atoms with Crippen molar-refractivity contribution in [2.45, 2.75) is 6.54 Å². The molecule has 0 atom stereocenters. The molecule has 1 aromatic carbocycles. The van der Waals surface area contributed by atoms with Crippen LogP contribution >= 0.6 is 0 Å². The minimum absolute atomic E-state index is 0.200. The molecule has 0 saturated heterocycles. The molecule has 0 spiro atoms. The van der Waals surface area contributed by atoms with E-state index in [-0.39, 0.29) is 17.2 Å². The van der Waals surface area contributed by atoms with Crippen LogP contribution in [0.2, 0.25) is 0 Å². The Hall–Kier alpha value is -2.44. The summed E-state index contributed by atoms with van der Waals surface area (Å²) < 4.78 is 14.6. The van der Waals surface area contributed by atoms with Crippen LogP contribution in [0.1, 0.15) is 10.4 Å². The van der Waals surface area contributed by atoms with Gasteiger partial charge < -0.3 is 11.1 Å². The van der Waals surface area contributed by atoms with Gasteiger partial charge >= 0.3 is 0 Å². The van der Waals surface area contributed by atoms with Gasteiger partial charge in [0.1, 0.15) is 5.82 Å². The average molecular weight is 249 g/mol. The molecule has 7 heteroatoms. The lowest BCUT2D eigenvalue weighted by molar-refractivity contribution is 0.0951. The number of carbonyl (C=O) groups excluding carboxylic acids is 1. The lowest BCUT2D eigenvalue weighted by Crippen LogP contribution is -2.27. The summed E-state index contributed by atoms with van der Waals surface area (Å²) in [5, 5.41) is 10.0. The van der Waals surface area contributed by atoms with Crippen molar-refractivity contribution >= 4 is 11.6 Å². The number of carbonyl (C=O) groups is 1. The molecule has 0 fully saturated rings. The van der Waals surface area contributed by atoms with E-state index in [9.17, 15) is 9.18 Å². The minimum Gasteiger partial charge on any atom is -0.399 e. The Morgan fingerprint density at radius 1 is 1.44 bits per heavy atom. The summed E-state index contributed by atoms with van der Waals surface area (Å²) in [6.07, 6.45) is 3.24. The Balaban J connectivity index is 1.91. The molecular weight excluding hydrogens is 237 g/mol. The van der Waals surface area contributed by atoms with Crippen LogP contribution in [-0.2, 0) is 6.54 Å². The van der Waals surface area contributed by atoms with E-state index in [1.165, 1.54) is 6.07 Å². The van der Waals surface area contributed by atoms with Gasteiger partial charge in [-0.1, -0.05) is 5.21 Å². The maximum absolute atomic E-state index is 13.1. The molecule has 1 amide bonds. The maximum Gasteiger partial charge on any atom is 0.251 e. The van der Waals surface area contributed by atoms with Crippen LogP contribution in [0, 0.1) is 5.82 Å². The number of aromatic nitrogens is 3. The summed E-state index contributed by atoms with van der Waals surface area (Å²) in [6, 6.07) is 3.72. The Labute approximate surface area is 103 Å². The normalized spacial score (nSPS) is 10.3. The molecule has 0 aliphatic rings. The summed E-state index contributed by atoms with van der Waals surface area (Å²) in [7, 11) is 0. The van der Waals surface area contributed by atoms with Gasteiger partial charge in [-0.3, -0.25) is 9.48 Å². The number of nitrogen functional groups attached to an aromatic ring is 1. The SMILES string of the molecule is Nc1cc(F)cc(C(=O)NCCn2ccnn2)c1. The minimum atomic E-state index is -0.531. The highest BCUT2D eigenvalue weighted by atomic mass is 19.1. The van der Waals surface area contributed by atoms with Crippen molar-refractivity contribution in [1.82, 2.24) is 20.3 Å².